The Morgan fingerprint density at radius 1 is 1.53 bits per heavy atom. The Labute approximate surface area is 110 Å². The highest BCUT2D eigenvalue weighted by Gasteiger charge is 2.20. The predicted molar refractivity (Wildman–Crippen MR) is 81.0 cm³/mol. The molecule has 98 valence electrons. The average molecular weight is 289 g/mol. The number of hydrogen-bond acceptors (Lipinski definition) is 3. The second kappa shape index (κ2) is 7.80. The van der Waals surface area contributed by atoms with Crippen LogP contribution in [0.15, 0.2) is 24.4 Å². The van der Waals surface area contributed by atoms with E-state index in [2.05, 4.69) is 26.3 Å². The van der Waals surface area contributed by atoms with Crippen molar-refractivity contribution in [1.29, 1.82) is 0 Å². The van der Waals surface area contributed by atoms with E-state index in [-0.39, 0.29) is 5.97 Å². The molecule has 0 spiro atoms. The molecule has 0 aromatic rings. The summed E-state index contributed by atoms with van der Waals surface area (Å²) in [5, 5.41) is 0. The zero-order valence-electron chi connectivity index (χ0n) is 11.4. The molecule has 0 aliphatic heterocycles. The van der Waals surface area contributed by atoms with Gasteiger partial charge in [-0.25, -0.2) is 4.79 Å². The third-order valence-corrected chi connectivity index (χ3v) is 12.4. The lowest BCUT2D eigenvalue weighted by Crippen LogP contribution is -2.36. The summed E-state index contributed by atoms with van der Waals surface area (Å²) in [5.41, 5.74) is 2.44. The van der Waals surface area contributed by atoms with Gasteiger partial charge in [0.1, 0.15) is 8.56 Å². The van der Waals surface area contributed by atoms with E-state index in [9.17, 15) is 4.79 Å². The fourth-order valence-electron chi connectivity index (χ4n) is 1.28. The number of esters is 1. The number of hydrogen-bond donors (Lipinski definition) is 0. The lowest BCUT2D eigenvalue weighted by molar-refractivity contribution is -0.138. The average Bonchev–Trinajstić information content (AvgIpc) is 2.23. The van der Waals surface area contributed by atoms with E-state index in [1.54, 1.807) is 6.92 Å². The Balaban J connectivity index is 3.72. The molecule has 0 N–H and O–H groups in total. The van der Waals surface area contributed by atoms with Crippen LogP contribution in [0, 0.1) is 0 Å². The van der Waals surface area contributed by atoms with Gasteiger partial charge >= 0.3 is 5.97 Å². The van der Waals surface area contributed by atoms with E-state index >= 15 is 0 Å². The van der Waals surface area contributed by atoms with Gasteiger partial charge in [-0.2, -0.15) is 0 Å². The van der Waals surface area contributed by atoms with Crippen LogP contribution in [0.5, 0.6) is 0 Å². The molecule has 0 bridgehead atoms. The Morgan fingerprint density at radius 2 is 2.12 bits per heavy atom. The molecule has 0 rings (SSSR count). The minimum atomic E-state index is -1.60. The highest BCUT2D eigenvalue weighted by atomic mass is 29.2. The zero-order chi connectivity index (χ0) is 13.5. The molecular formula is C11H24O3Si3. The summed E-state index contributed by atoms with van der Waals surface area (Å²) in [6, 6.07) is 1.08. The highest BCUT2D eigenvalue weighted by Crippen LogP contribution is 2.09. The summed E-state index contributed by atoms with van der Waals surface area (Å²) in [4.78, 5) is 11.1. The van der Waals surface area contributed by atoms with Gasteiger partial charge in [-0.3, -0.25) is 0 Å². The number of ether oxygens (including phenoxy) is 1. The van der Waals surface area contributed by atoms with Crippen molar-refractivity contribution in [2.75, 3.05) is 6.61 Å². The minimum absolute atomic E-state index is 0.293. The van der Waals surface area contributed by atoms with Crippen LogP contribution in [0.3, 0.4) is 0 Å². The van der Waals surface area contributed by atoms with Gasteiger partial charge in [-0.15, -0.1) is 6.58 Å². The summed E-state index contributed by atoms with van der Waals surface area (Å²) in [5.74, 6) is -0.293. The van der Waals surface area contributed by atoms with Crippen molar-refractivity contribution in [3.05, 3.63) is 24.4 Å². The van der Waals surface area contributed by atoms with Crippen molar-refractivity contribution in [3.8, 4) is 0 Å². The maximum Gasteiger partial charge on any atom is 0.333 e. The summed E-state index contributed by atoms with van der Waals surface area (Å²) >= 11 is 0. The Hall–Kier alpha value is -0.439. The Kier molecular flexibility index (Phi) is 7.60. The molecule has 0 radical (unpaired) electrons. The first-order valence-electron chi connectivity index (χ1n) is 5.92. The first kappa shape index (κ1) is 16.6. The quantitative estimate of drug-likeness (QED) is 0.290. The minimum Gasteiger partial charge on any atom is -0.462 e. The van der Waals surface area contributed by atoms with Gasteiger partial charge in [0.25, 0.3) is 0 Å². The molecule has 0 aromatic carbocycles. The SMILES string of the molecule is C=C[Si](C)(C)O[SiH]([SiH3])CCCOC(=O)C(=C)C. The maximum atomic E-state index is 11.1. The highest BCUT2D eigenvalue weighted by molar-refractivity contribution is 7.03. The van der Waals surface area contributed by atoms with Crippen LogP contribution in [0.4, 0.5) is 0 Å². The van der Waals surface area contributed by atoms with Gasteiger partial charge in [0.15, 0.2) is 8.32 Å². The van der Waals surface area contributed by atoms with Crippen LogP contribution < -0.4 is 0 Å². The topological polar surface area (TPSA) is 35.5 Å². The summed E-state index contributed by atoms with van der Waals surface area (Å²) in [6.07, 6.45) is 0.904. The molecule has 17 heavy (non-hydrogen) atoms. The molecule has 0 saturated carbocycles. The first-order valence-corrected chi connectivity index (χ1v) is 14.8. The van der Waals surface area contributed by atoms with Crippen LogP contribution in [-0.4, -0.2) is 39.2 Å². The predicted octanol–water partition coefficient (Wildman–Crippen LogP) is 1.03. The zero-order valence-corrected chi connectivity index (χ0v) is 15.6. The van der Waals surface area contributed by atoms with Gasteiger partial charge in [-0.05, 0) is 32.5 Å². The third kappa shape index (κ3) is 8.31. The standard InChI is InChI=1S/C11H24O3Si3/c1-6-17(4,5)14-16(15)9-7-8-13-11(12)10(2)3/h6,16H,1-2,7-9H2,3-5,15H3. The van der Waals surface area contributed by atoms with E-state index in [4.69, 9.17) is 8.85 Å². The summed E-state index contributed by atoms with van der Waals surface area (Å²) in [7, 11) is -1.49. The molecule has 3 nitrogen and oxygen atoms in total. The molecule has 6 heteroatoms. The van der Waals surface area contributed by atoms with Crippen LogP contribution in [0.2, 0.25) is 19.1 Å². The van der Waals surface area contributed by atoms with Crippen molar-refractivity contribution in [1.82, 2.24) is 0 Å². The van der Waals surface area contributed by atoms with Gasteiger partial charge in [0, 0.05) is 15.3 Å². The molecule has 0 aromatic heterocycles. The molecular weight excluding hydrogens is 264 g/mol. The van der Waals surface area contributed by atoms with Crippen molar-refractivity contribution in [2.45, 2.75) is 32.5 Å². The Morgan fingerprint density at radius 3 is 2.59 bits per heavy atom. The molecule has 0 fully saturated rings. The monoisotopic (exact) mass is 288 g/mol. The van der Waals surface area contributed by atoms with Gasteiger partial charge in [0.2, 0.25) is 0 Å². The van der Waals surface area contributed by atoms with Gasteiger partial charge in [-0.1, -0.05) is 12.3 Å². The maximum absolute atomic E-state index is 11.1. The lowest BCUT2D eigenvalue weighted by atomic mass is 10.4. The van der Waals surface area contributed by atoms with Crippen LogP contribution >= 0.6 is 0 Å². The van der Waals surface area contributed by atoms with E-state index in [1.165, 1.54) is 0 Å². The van der Waals surface area contributed by atoms with E-state index < -0.39 is 16.9 Å². The van der Waals surface area contributed by atoms with Crippen molar-refractivity contribution in [2.24, 2.45) is 0 Å². The third-order valence-electron chi connectivity index (χ3n) is 2.33. The van der Waals surface area contributed by atoms with Gasteiger partial charge in [0.05, 0.1) is 6.61 Å². The number of carbonyl (C=O) groups excluding carboxylic acids is 1. The molecule has 1 atom stereocenters. The fourth-order valence-corrected chi connectivity index (χ4v) is 13.7. The first-order chi connectivity index (χ1) is 7.78. The van der Waals surface area contributed by atoms with E-state index in [0.717, 1.165) is 22.2 Å². The summed E-state index contributed by atoms with van der Waals surface area (Å²) in [6.45, 7) is 13.8. The normalized spacial score (nSPS) is 13.1. The van der Waals surface area contributed by atoms with Crippen molar-refractivity contribution >= 4 is 32.6 Å². The molecule has 0 heterocycles. The van der Waals surface area contributed by atoms with Crippen molar-refractivity contribution in [3.63, 3.8) is 0 Å². The number of carbonyl (C=O) groups is 1. The largest absolute Gasteiger partial charge is 0.462 e. The molecule has 0 aliphatic rings. The second-order valence-corrected chi connectivity index (χ2v) is 15.4. The van der Waals surface area contributed by atoms with E-state index in [1.807, 2.05) is 5.70 Å². The molecule has 0 amide bonds. The number of rotatable bonds is 8. The molecule has 0 saturated heterocycles. The van der Waals surface area contributed by atoms with Gasteiger partial charge < -0.3 is 8.85 Å². The molecule has 1 unspecified atom stereocenters. The van der Waals surface area contributed by atoms with Crippen molar-refractivity contribution < 1.29 is 13.6 Å². The van der Waals surface area contributed by atoms with Crippen LogP contribution in [-0.2, 0) is 13.6 Å². The second-order valence-electron chi connectivity index (χ2n) is 4.79. The lowest BCUT2D eigenvalue weighted by Gasteiger charge is -2.23. The smallest absolute Gasteiger partial charge is 0.333 e. The summed E-state index contributed by atoms with van der Waals surface area (Å²) < 4.78 is 11.1. The molecule has 0 aliphatic carbocycles. The van der Waals surface area contributed by atoms with Crippen LogP contribution in [0.1, 0.15) is 13.3 Å². The Bertz CT molecular complexity index is 290. The van der Waals surface area contributed by atoms with E-state index in [0.29, 0.717) is 12.2 Å². The fraction of sp³-hybridized carbons (Fsp3) is 0.545. The van der Waals surface area contributed by atoms with Crippen LogP contribution in [0.25, 0.3) is 0 Å².